The number of benzene rings is 2. The quantitative estimate of drug-likeness (QED) is 0.811. The molecule has 24 heavy (non-hydrogen) atoms. The molecule has 0 spiro atoms. The summed E-state index contributed by atoms with van der Waals surface area (Å²) in [5.74, 6) is -5.26. The van der Waals surface area contributed by atoms with Crippen LogP contribution in [0.5, 0.6) is 0 Å². The van der Waals surface area contributed by atoms with Crippen LogP contribution in [-0.4, -0.2) is 22.8 Å². The maximum atomic E-state index is 13.2. The summed E-state index contributed by atoms with van der Waals surface area (Å²) in [5, 5.41) is 0.360. The topological polar surface area (TPSA) is 63.7 Å². The Balaban J connectivity index is 1.80. The number of carbonyl (C=O) groups excluding carboxylic acids is 3. The number of amides is 2. The number of nitrogens with zero attached hydrogens (tertiary/aromatic N) is 1. The predicted octanol–water partition coefficient (Wildman–Crippen LogP) is 2.82. The van der Waals surface area contributed by atoms with Gasteiger partial charge in [0, 0.05) is 6.07 Å². The van der Waals surface area contributed by atoms with Gasteiger partial charge in [0.1, 0.15) is 11.6 Å². The van der Waals surface area contributed by atoms with Gasteiger partial charge in [-0.2, -0.15) is 0 Å². The largest absolute Gasteiger partial charge is 0.340 e. The fourth-order valence-electron chi connectivity index (χ4n) is 2.38. The van der Waals surface area contributed by atoms with Crippen LogP contribution in [0.15, 0.2) is 42.5 Å². The van der Waals surface area contributed by atoms with Crippen LogP contribution >= 0.6 is 0 Å². The number of hydroxylamine groups is 2. The van der Waals surface area contributed by atoms with Crippen LogP contribution in [0.2, 0.25) is 0 Å². The van der Waals surface area contributed by atoms with Crippen LogP contribution in [-0.2, 0) is 9.63 Å². The first kappa shape index (κ1) is 15.8. The van der Waals surface area contributed by atoms with Crippen molar-refractivity contribution in [3.8, 4) is 0 Å². The molecule has 1 aliphatic heterocycles. The molecule has 1 aliphatic rings. The second-order valence-corrected chi connectivity index (χ2v) is 5.29. The van der Waals surface area contributed by atoms with Crippen LogP contribution in [0.1, 0.15) is 39.1 Å². The van der Waals surface area contributed by atoms with Gasteiger partial charge in [-0.15, -0.1) is 0 Å². The molecule has 0 bridgehead atoms. The minimum atomic E-state index is -1.07. The first-order valence-electron chi connectivity index (χ1n) is 7.04. The first-order valence-corrected chi connectivity index (χ1v) is 7.04. The summed E-state index contributed by atoms with van der Waals surface area (Å²) < 4.78 is 26.5. The predicted molar refractivity (Wildman–Crippen MR) is 77.8 cm³/mol. The zero-order valence-electron chi connectivity index (χ0n) is 12.5. The van der Waals surface area contributed by atoms with E-state index in [0.717, 1.165) is 12.1 Å². The third kappa shape index (κ3) is 2.64. The second kappa shape index (κ2) is 5.84. The molecule has 5 nitrogen and oxygen atoms in total. The minimum absolute atomic E-state index is 0.0362. The maximum absolute atomic E-state index is 13.2. The van der Waals surface area contributed by atoms with Crippen LogP contribution in [0, 0.1) is 11.6 Å². The lowest BCUT2D eigenvalue weighted by molar-refractivity contribution is -0.170. The summed E-state index contributed by atoms with van der Waals surface area (Å²) in [5.41, 5.74) is 0.286. The monoisotopic (exact) mass is 331 g/mol. The van der Waals surface area contributed by atoms with Crippen molar-refractivity contribution in [2.24, 2.45) is 0 Å². The van der Waals surface area contributed by atoms with Gasteiger partial charge in [0.05, 0.1) is 17.0 Å². The van der Waals surface area contributed by atoms with E-state index in [0.29, 0.717) is 11.1 Å². The van der Waals surface area contributed by atoms with E-state index in [1.807, 2.05) is 0 Å². The van der Waals surface area contributed by atoms with Crippen molar-refractivity contribution in [2.75, 3.05) is 0 Å². The Kier molecular flexibility index (Phi) is 3.84. The summed E-state index contributed by atoms with van der Waals surface area (Å²) in [6.07, 6.45) is 0. The first-order chi connectivity index (χ1) is 11.4. The van der Waals surface area contributed by atoms with Crippen LogP contribution < -0.4 is 0 Å². The fourth-order valence-corrected chi connectivity index (χ4v) is 2.38. The number of hydrogen-bond donors (Lipinski definition) is 0. The van der Waals surface area contributed by atoms with Gasteiger partial charge in [0.15, 0.2) is 0 Å². The van der Waals surface area contributed by atoms with Crippen molar-refractivity contribution < 1.29 is 28.0 Å². The average Bonchev–Trinajstić information content (AvgIpc) is 2.78. The molecular weight excluding hydrogens is 320 g/mol. The Morgan fingerprint density at radius 3 is 2.00 bits per heavy atom. The lowest BCUT2D eigenvalue weighted by Crippen LogP contribution is -2.34. The molecule has 1 atom stereocenters. The van der Waals surface area contributed by atoms with Gasteiger partial charge in [-0.3, -0.25) is 9.59 Å². The summed E-state index contributed by atoms with van der Waals surface area (Å²) in [6.45, 7) is 1.36. The fraction of sp³-hybridized carbons (Fsp3) is 0.118. The standard InChI is InChI=1S/C17H11F2NO4/c1-9(10-6-11(18)8-12(19)7-10)17(23)24-20-15(21)13-4-2-3-5-14(13)16(20)22/h2-9H,1H3. The second-order valence-electron chi connectivity index (χ2n) is 5.29. The van der Waals surface area contributed by atoms with Gasteiger partial charge < -0.3 is 4.84 Å². The molecular formula is C17H11F2NO4. The highest BCUT2D eigenvalue weighted by molar-refractivity contribution is 6.20. The Morgan fingerprint density at radius 2 is 1.50 bits per heavy atom. The summed E-state index contributed by atoms with van der Waals surface area (Å²) in [6, 6.07) is 8.67. The third-order valence-electron chi connectivity index (χ3n) is 3.68. The Hall–Kier alpha value is -3.09. The highest BCUT2D eigenvalue weighted by Gasteiger charge is 2.39. The van der Waals surface area contributed by atoms with Gasteiger partial charge in [0.25, 0.3) is 11.8 Å². The Labute approximate surface area is 135 Å². The van der Waals surface area contributed by atoms with Crippen molar-refractivity contribution in [3.63, 3.8) is 0 Å². The molecule has 0 radical (unpaired) electrons. The summed E-state index contributed by atoms with van der Waals surface area (Å²) >= 11 is 0. The van der Waals surface area contributed by atoms with Crippen molar-refractivity contribution >= 4 is 17.8 Å². The number of halogens is 2. The smallest absolute Gasteiger partial charge is 0.329 e. The van der Waals surface area contributed by atoms with Gasteiger partial charge in [-0.25, -0.2) is 13.6 Å². The van der Waals surface area contributed by atoms with Crippen molar-refractivity contribution in [1.29, 1.82) is 0 Å². The van der Waals surface area contributed by atoms with Crippen molar-refractivity contribution in [1.82, 2.24) is 5.06 Å². The zero-order valence-corrected chi connectivity index (χ0v) is 12.5. The van der Waals surface area contributed by atoms with Gasteiger partial charge in [-0.1, -0.05) is 17.2 Å². The van der Waals surface area contributed by atoms with E-state index in [1.165, 1.54) is 19.1 Å². The minimum Gasteiger partial charge on any atom is -0.329 e. The SMILES string of the molecule is CC(C(=O)ON1C(=O)c2ccccc2C1=O)c1cc(F)cc(F)c1. The molecule has 1 unspecified atom stereocenters. The van der Waals surface area contributed by atoms with Crippen LogP contribution in [0.4, 0.5) is 8.78 Å². The van der Waals surface area contributed by atoms with Gasteiger partial charge >= 0.3 is 5.97 Å². The maximum Gasteiger partial charge on any atom is 0.340 e. The molecule has 2 amide bonds. The normalized spacial score (nSPS) is 14.5. The summed E-state index contributed by atoms with van der Waals surface area (Å²) in [7, 11) is 0. The molecule has 2 aromatic carbocycles. The number of rotatable bonds is 3. The van der Waals surface area contributed by atoms with Crippen LogP contribution in [0.25, 0.3) is 0 Å². The molecule has 0 saturated carbocycles. The van der Waals surface area contributed by atoms with E-state index in [4.69, 9.17) is 4.84 Å². The van der Waals surface area contributed by atoms with E-state index in [-0.39, 0.29) is 16.7 Å². The molecule has 0 N–H and O–H groups in total. The molecule has 3 rings (SSSR count). The van der Waals surface area contributed by atoms with Crippen molar-refractivity contribution in [2.45, 2.75) is 12.8 Å². The Bertz CT molecular complexity index is 810. The number of carbonyl (C=O) groups is 3. The molecule has 0 fully saturated rings. The van der Waals surface area contributed by atoms with E-state index in [9.17, 15) is 23.2 Å². The zero-order chi connectivity index (χ0) is 17.4. The number of fused-ring (bicyclic) bond motifs is 1. The van der Waals surface area contributed by atoms with E-state index < -0.39 is 35.3 Å². The van der Waals surface area contributed by atoms with E-state index in [2.05, 4.69) is 0 Å². The number of hydrogen-bond acceptors (Lipinski definition) is 4. The molecule has 0 aromatic heterocycles. The van der Waals surface area contributed by atoms with Gasteiger partial charge in [-0.05, 0) is 36.8 Å². The van der Waals surface area contributed by atoms with Crippen LogP contribution in [0.3, 0.4) is 0 Å². The van der Waals surface area contributed by atoms with E-state index in [1.54, 1.807) is 12.1 Å². The summed E-state index contributed by atoms with van der Waals surface area (Å²) in [4.78, 5) is 41.3. The molecule has 0 aliphatic carbocycles. The highest BCUT2D eigenvalue weighted by atomic mass is 19.1. The lowest BCUT2D eigenvalue weighted by atomic mass is 10.0. The Morgan fingerprint density at radius 1 is 1.00 bits per heavy atom. The van der Waals surface area contributed by atoms with Crippen molar-refractivity contribution in [3.05, 3.63) is 70.8 Å². The highest BCUT2D eigenvalue weighted by Crippen LogP contribution is 2.25. The molecule has 0 saturated heterocycles. The molecule has 122 valence electrons. The van der Waals surface area contributed by atoms with Gasteiger partial charge in [0.2, 0.25) is 0 Å². The van der Waals surface area contributed by atoms with E-state index >= 15 is 0 Å². The lowest BCUT2D eigenvalue weighted by Gasteiger charge is -2.16. The average molecular weight is 331 g/mol. The third-order valence-corrected chi connectivity index (χ3v) is 3.68. The molecule has 2 aromatic rings. The molecule has 7 heteroatoms. The molecule has 1 heterocycles. The number of imide groups is 1.